The lowest BCUT2D eigenvalue weighted by Gasteiger charge is -2.22. The van der Waals surface area contributed by atoms with Gasteiger partial charge in [-0.05, 0) is 47.9 Å². The minimum atomic E-state index is -0.228. The van der Waals surface area contributed by atoms with E-state index in [1.165, 1.54) is 5.56 Å². The molecule has 25 heavy (non-hydrogen) atoms. The number of hydrogen-bond acceptors (Lipinski definition) is 5. The SMILES string of the molecule is CCNC(=O)C1CC(NC(=O)c2ccccn2)CN1Cc1ccsc1. The van der Waals surface area contributed by atoms with Gasteiger partial charge in [-0.3, -0.25) is 19.5 Å². The van der Waals surface area contributed by atoms with Crippen LogP contribution in [0.25, 0.3) is 0 Å². The van der Waals surface area contributed by atoms with E-state index in [1.807, 2.05) is 12.3 Å². The molecule has 1 fully saturated rings. The summed E-state index contributed by atoms with van der Waals surface area (Å²) in [6.07, 6.45) is 2.21. The smallest absolute Gasteiger partial charge is 0.270 e. The molecule has 3 rings (SSSR count). The first kappa shape index (κ1) is 17.6. The second-order valence-corrected chi connectivity index (χ2v) is 6.87. The molecule has 2 aromatic heterocycles. The Bertz CT molecular complexity index is 705. The zero-order chi connectivity index (χ0) is 17.6. The second-order valence-electron chi connectivity index (χ2n) is 6.09. The van der Waals surface area contributed by atoms with Crippen molar-refractivity contribution in [3.8, 4) is 0 Å². The molecule has 2 unspecified atom stereocenters. The van der Waals surface area contributed by atoms with E-state index in [4.69, 9.17) is 0 Å². The molecule has 0 radical (unpaired) electrons. The Kier molecular flexibility index (Phi) is 5.78. The highest BCUT2D eigenvalue weighted by Crippen LogP contribution is 2.22. The highest BCUT2D eigenvalue weighted by molar-refractivity contribution is 7.07. The lowest BCUT2D eigenvalue weighted by atomic mass is 10.1. The molecule has 2 amide bonds. The van der Waals surface area contributed by atoms with E-state index < -0.39 is 0 Å². The molecule has 1 saturated heterocycles. The van der Waals surface area contributed by atoms with Crippen LogP contribution in [0.2, 0.25) is 0 Å². The Labute approximate surface area is 151 Å². The van der Waals surface area contributed by atoms with Crippen molar-refractivity contribution in [1.29, 1.82) is 0 Å². The fraction of sp³-hybridized carbons (Fsp3) is 0.389. The van der Waals surface area contributed by atoms with Crippen LogP contribution in [0.3, 0.4) is 0 Å². The van der Waals surface area contributed by atoms with Crippen molar-refractivity contribution in [3.63, 3.8) is 0 Å². The number of carbonyl (C=O) groups excluding carboxylic acids is 2. The van der Waals surface area contributed by atoms with Crippen molar-refractivity contribution in [1.82, 2.24) is 20.5 Å². The number of amides is 2. The predicted octanol–water partition coefficient (Wildman–Crippen LogP) is 1.65. The predicted molar refractivity (Wildman–Crippen MR) is 97.3 cm³/mol. The molecule has 0 aromatic carbocycles. The number of nitrogens with zero attached hydrogens (tertiary/aromatic N) is 2. The fourth-order valence-electron chi connectivity index (χ4n) is 3.12. The molecule has 7 heteroatoms. The monoisotopic (exact) mass is 358 g/mol. The van der Waals surface area contributed by atoms with Crippen LogP contribution in [0.4, 0.5) is 0 Å². The van der Waals surface area contributed by atoms with E-state index in [1.54, 1.807) is 35.7 Å². The summed E-state index contributed by atoms with van der Waals surface area (Å²) < 4.78 is 0. The Balaban J connectivity index is 1.67. The summed E-state index contributed by atoms with van der Waals surface area (Å²) in [5, 5.41) is 10.0. The number of rotatable bonds is 6. The first-order valence-corrected chi connectivity index (χ1v) is 9.36. The highest BCUT2D eigenvalue weighted by atomic mass is 32.1. The number of likely N-dealkylation sites (N-methyl/N-ethyl adjacent to an activating group) is 1. The summed E-state index contributed by atoms with van der Waals surface area (Å²) >= 11 is 1.65. The molecule has 3 heterocycles. The molecule has 0 spiro atoms. The van der Waals surface area contributed by atoms with Crippen molar-refractivity contribution in [2.45, 2.75) is 32.0 Å². The van der Waals surface area contributed by atoms with E-state index in [9.17, 15) is 9.59 Å². The molecule has 0 aliphatic carbocycles. The van der Waals surface area contributed by atoms with Gasteiger partial charge in [0.15, 0.2) is 0 Å². The molecule has 1 aliphatic rings. The summed E-state index contributed by atoms with van der Waals surface area (Å²) in [7, 11) is 0. The van der Waals surface area contributed by atoms with Crippen molar-refractivity contribution in [2.75, 3.05) is 13.1 Å². The minimum Gasteiger partial charge on any atom is -0.355 e. The van der Waals surface area contributed by atoms with Gasteiger partial charge >= 0.3 is 0 Å². The number of pyridine rings is 1. The van der Waals surface area contributed by atoms with Crippen molar-refractivity contribution in [3.05, 3.63) is 52.5 Å². The van der Waals surface area contributed by atoms with E-state index >= 15 is 0 Å². The van der Waals surface area contributed by atoms with Gasteiger partial charge < -0.3 is 10.6 Å². The second kappa shape index (κ2) is 8.22. The Morgan fingerprint density at radius 3 is 2.92 bits per heavy atom. The van der Waals surface area contributed by atoms with Gasteiger partial charge in [0.1, 0.15) is 5.69 Å². The van der Waals surface area contributed by atoms with E-state index in [-0.39, 0.29) is 23.9 Å². The maximum atomic E-state index is 12.4. The molecule has 0 saturated carbocycles. The quantitative estimate of drug-likeness (QED) is 0.823. The van der Waals surface area contributed by atoms with Gasteiger partial charge in [-0.1, -0.05) is 6.07 Å². The zero-order valence-corrected chi connectivity index (χ0v) is 15.0. The third-order valence-electron chi connectivity index (χ3n) is 4.26. The number of nitrogens with one attached hydrogen (secondary N) is 2. The van der Waals surface area contributed by atoms with Crippen LogP contribution in [0.15, 0.2) is 41.2 Å². The maximum absolute atomic E-state index is 12.4. The maximum Gasteiger partial charge on any atom is 0.270 e. The molecule has 132 valence electrons. The van der Waals surface area contributed by atoms with Crippen molar-refractivity contribution < 1.29 is 9.59 Å². The van der Waals surface area contributed by atoms with Crippen LogP contribution in [0, 0.1) is 0 Å². The van der Waals surface area contributed by atoms with Crippen LogP contribution in [0.1, 0.15) is 29.4 Å². The van der Waals surface area contributed by atoms with Gasteiger partial charge in [0.2, 0.25) is 5.91 Å². The summed E-state index contributed by atoms with van der Waals surface area (Å²) in [4.78, 5) is 31.0. The average Bonchev–Trinajstić information content (AvgIpc) is 3.26. The first-order chi connectivity index (χ1) is 12.2. The Morgan fingerprint density at radius 2 is 2.24 bits per heavy atom. The Hall–Kier alpha value is -2.25. The molecule has 2 N–H and O–H groups in total. The summed E-state index contributed by atoms with van der Waals surface area (Å²) in [6, 6.07) is 7.03. The molecular weight excluding hydrogens is 336 g/mol. The summed E-state index contributed by atoms with van der Waals surface area (Å²) in [6.45, 7) is 3.88. The van der Waals surface area contributed by atoms with Gasteiger partial charge in [0, 0.05) is 31.9 Å². The van der Waals surface area contributed by atoms with Gasteiger partial charge in [-0.15, -0.1) is 0 Å². The van der Waals surface area contributed by atoms with E-state index in [0.717, 1.165) is 0 Å². The molecule has 1 aliphatic heterocycles. The number of hydrogen-bond donors (Lipinski definition) is 2. The van der Waals surface area contributed by atoms with Crippen LogP contribution in [-0.2, 0) is 11.3 Å². The molecule has 0 bridgehead atoms. The Morgan fingerprint density at radius 1 is 1.36 bits per heavy atom. The summed E-state index contributed by atoms with van der Waals surface area (Å²) in [5.41, 5.74) is 1.59. The largest absolute Gasteiger partial charge is 0.355 e. The topological polar surface area (TPSA) is 74.3 Å². The third kappa shape index (κ3) is 4.43. The summed E-state index contributed by atoms with van der Waals surface area (Å²) in [5.74, 6) is -0.176. The lowest BCUT2D eigenvalue weighted by molar-refractivity contribution is -0.125. The minimum absolute atomic E-state index is 0.0207. The zero-order valence-electron chi connectivity index (χ0n) is 14.1. The van der Waals surface area contributed by atoms with Crippen molar-refractivity contribution in [2.24, 2.45) is 0 Å². The first-order valence-electron chi connectivity index (χ1n) is 8.42. The molecular formula is C18H22N4O2S. The number of carbonyl (C=O) groups is 2. The average molecular weight is 358 g/mol. The number of aromatic nitrogens is 1. The number of thiophene rings is 1. The molecule has 2 atom stereocenters. The number of likely N-dealkylation sites (tertiary alicyclic amines) is 1. The molecule has 6 nitrogen and oxygen atoms in total. The van der Waals surface area contributed by atoms with Crippen LogP contribution < -0.4 is 10.6 Å². The molecule has 2 aromatic rings. The van der Waals surface area contributed by atoms with Gasteiger partial charge in [0.05, 0.1) is 6.04 Å². The van der Waals surface area contributed by atoms with Gasteiger partial charge in [0.25, 0.3) is 5.91 Å². The van der Waals surface area contributed by atoms with Crippen LogP contribution in [0.5, 0.6) is 0 Å². The van der Waals surface area contributed by atoms with Crippen molar-refractivity contribution >= 4 is 23.2 Å². The van der Waals surface area contributed by atoms with E-state index in [2.05, 4.69) is 32.0 Å². The van der Waals surface area contributed by atoms with Gasteiger partial charge in [-0.2, -0.15) is 11.3 Å². The normalized spacial score (nSPS) is 20.4. The highest BCUT2D eigenvalue weighted by Gasteiger charge is 2.37. The van der Waals surface area contributed by atoms with E-state index in [0.29, 0.717) is 31.7 Å². The fourth-order valence-corrected chi connectivity index (χ4v) is 3.78. The van der Waals surface area contributed by atoms with Crippen LogP contribution in [-0.4, -0.2) is 46.9 Å². The third-order valence-corrected chi connectivity index (χ3v) is 4.99. The van der Waals surface area contributed by atoms with Crippen LogP contribution >= 0.6 is 11.3 Å². The standard InChI is InChI=1S/C18H22N4O2S/c1-2-19-18(24)16-9-14(11-22(16)10-13-6-8-25-12-13)21-17(23)15-5-3-4-7-20-15/h3-8,12,14,16H,2,9-11H2,1H3,(H,19,24)(H,21,23). The lowest BCUT2D eigenvalue weighted by Crippen LogP contribution is -2.42. The van der Waals surface area contributed by atoms with Gasteiger partial charge in [-0.25, -0.2) is 0 Å².